The monoisotopic (exact) mass is 221 g/mol. The van der Waals surface area contributed by atoms with E-state index in [0.717, 1.165) is 19.0 Å². The molecule has 2 unspecified atom stereocenters. The molecule has 3 nitrogen and oxygen atoms in total. The van der Waals surface area contributed by atoms with Gasteiger partial charge in [-0.15, -0.1) is 0 Å². The van der Waals surface area contributed by atoms with E-state index in [0.29, 0.717) is 6.04 Å². The molecular weight excluding hydrogens is 198 g/mol. The zero-order chi connectivity index (χ0) is 11.4. The maximum Gasteiger partial charge on any atom is 0.0948 e. The number of nitrogens with zero attached hydrogens (tertiary/aromatic N) is 2. The minimum atomic E-state index is 0.712. The molecule has 90 valence electrons. The zero-order valence-corrected chi connectivity index (χ0v) is 10.4. The molecular formula is C13H23N3. The van der Waals surface area contributed by atoms with Gasteiger partial charge in [0.2, 0.25) is 0 Å². The van der Waals surface area contributed by atoms with Crippen molar-refractivity contribution in [1.29, 1.82) is 0 Å². The van der Waals surface area contributed by atoms with Gasteiger partial charge in [-0.05, 0) is 25.7 Å². The average Bonchev–Trinajstić information content (AvgIpc) is 2.74. The van der Waals surface area contributed by atoms with Gasteiger partial charge >= 0.3 is 0 Å². The van der Waals surface area contributed by atoms with Crippen molar-refractivity contribution in [2.75, 3.05) is 0 Å². The molecule has 1 fully saturated rings. The molecule has 0 amide bonds. The van der Waals surface area contributed by atoms with Crippen molar-refractivity contribution in [2.45, 2.75) is 58.7 Å². The molecule has 1 saturated carbocycles. The lowest BCUT2D eigenvalue weighted by Crippen LogP contribution is -2.33. The van der Waals surface area contributed by atoms with Gasteiger partial charge in [-0.25, -0.2) is 4.98 Å². The lowest BCUT2D eigenvalue weighted by atomic mass is 9.87. The van der Waals surface area contributed by atoms with Gasteiger partial charge < -0.3 is 9.88 Å². The summed E-state index contributed by atoms with van der Waals surface area (Å²) in [6, 6.07) is 0.712. The van der Waals surface area contributed by atoms with Crippen LogP contribution in [0.15, 0.2) is 12.5 Å². The van der Waals surface area contributed by atoms with Crippen LogP contribution in [-0.2, 0) is 13.1 Å². The summed E-state index contributed by atoms with van der Waals surface area (Å²) >= 11 is 0. The molecule has 0 spiro atoms. The zero-order valence-electron chi connectivity index (χ0n) is 10.4. The summed E-state index contributed by atoms with van der Waals surface area (Å²) in [5.41, 5.74) is 1.31. The fourth-order valence-electron chi connectivity index (χ4n) is 2.65. The molecule has 1 heterocycles. The molecule has 1 aliphatic rings. The first-order valence-electron chi connectivity index (χ1n) is 6.52. The largest absolute Gasteiger partial charge is 0.334 e. The Labute approximate surface area is 98.3 Å². The molecule has 0 aliphatic heterocycles. The first-order valence-corrected chi connectivity index (χ1v) is 6.52. The van der Waals surface area contributed by atoms with Crippen LogP contribution in [0.4, 0.5) is 0 Å². The number of rotatable bonds is 4. The molecule has 16 heavy (non-hydrogen) atoms. The van der Waals surface area contributed by atoms with Crippen LogP contribution in [0.2, 0.25) is 0 Å². The van der Waals surface area contributed by atoms with Gasteiger partial charge in [-0.2, -0.15) is 0 Å². The van der Waals surface area contributed by atoms with Crippen LogP contribution in [0.3, 0.4) is 0 Å². The van der Waals surface area contributed by atoms with E-state index in [-0.39, 0.29) is 0 Å². The quantitative estimate of drug-likeness (QED) is 0.847. The van der Waals surface area contributed by atoms with E-state index in [1.807, 2.05) is 12.5 Å². The molecule has 1 N–H and O–H groups in total. The molecule has 0 radical (unpaired) electrons. The molecule has 0 bridgehead atoms. The summed E-state index contributed by atoms with van der Waals surface area (Å²) in [4.78, 5) is 4.19. The first-order chi connectivity index (χ1) is 7.79. The van der Waals surface area contributed by atoms with Gasteiger partial charge in [-0.3, -0.25) is 0 Å². The van der Waals surface area contributed by atoms with Crippen molar-refractivity contribution in [2.24, 2.45) is 5.92 Å². The Morgan fingerprint density at radius 2 is 2.38 bits per heavy atom. The molecule has 3 heteroatoms. The second-order valence-corrected chi connectivity index (χ2v) is 5.02. The molecule has 2 atom stereocenters. The van der Waals surface area contributed by atoms with E-state index in [9.17, 15) is 0 Å². The predicted molar refractivity (Wildman–Crippen MR) is 66.2 cm³/mol. The minimum Gasteiger partial charge on any atom is -0.334 e. The summed E-state index contributed by atoms with van der Waals surface area (Å²) in [7, 11) is 0. The van der Waals surface area contributed by atoms with Crippen molar-refractivity contribution in [3.05, 3.63) is 18.2 Å². The highest BCUT2D eigenvalue weighted by atomic mass is 15.1. The SMILES string of the molecule is CCn1cncc1CNC1CCCC(C)C1. The third-order valence-electron chi connectivity index (χ3n) is 3.65. The fourth-order valence-corrected chi connectivity index (χ4v) is 2.65. The molecule has 0 saturated heterocycles. The number of aryl methyl sites for hydroxylation is 1. The normalized spacial score (nSPS) is 25.9. The lowest BCUT2D eigenvalue weighted by Gasteiger charge is -2.27. The molecule has 2 rings (SSSR count). The van der Waals surface area contributed by atoms with Gasteiger partial charge in [0.15, 0.2) is 0 Å². The predicted octanol–water partition coefficient (Wildman–Crippen LogP) is 2.57. The van der Waals surface area contributed by atoms with Gasteiger partial charge in [-0.1, -0.05) is 19.8 Å². The topological polar surface area (TPSA) is 29.9 Å². The maximum atomic E-state index is 4.19. The van der Waals surface area contributed by atoms with Crippen LogP contribution in [0, 0.1) is 5.92 Å². The summed E-state index contributed by atoms with van der Waals surface area (Å²) in [5.74, 6) is 0.891. The number of imidazole rings is 1. The van der Waals surface area contributed by atoms with Crippen LogP contribution < -0.4 is 5.32 Å². The highest BCUT2D eigenvalue weighted by Gasteiger charge is 2.18. The standard InChI is InChI=1S/C13H23N3/c1-3-16-10-14-8-13(16)9-15-12-6-4-5-11(2)7-12/h8,10-12,15H,3-7,9H2,1-2H3. The van der Waals surface area contributed by atoms with Gasteiger partial charge in [0.25, 0.3) is 0 Å². The first kappa shape index (κ1) is 11.6. The van der Waals surface area contributed by atoms with Crippen molar-refractivity contribution in [1.82, 2.24) is 14.9 Å². The second-order valence-electron chi connectivity index (χ2n) is 5.02. The van der Waals surface area contributed by atoms with Crippen LogP contribution in [0.5, 0.6) is 0 Å². The summed E-state index contributed by atoms with van der Waals surface area (Å²) < 4.78 is 2.21. The Balaban J connectivity index is 1.82. The third-order valence-corrected chi connectivity index (χ3v) is 3.65. The highest BCUT2D eigenvalue weighted by Crippen LogP contribution is 2.23. The van der Waals surface area contributed by atoms with Crippen molar-refractivity contribution in [3.8, 4) is 0 Å². The van der Waals surface area contributed by atoms with Crippen LogP contribution in [0.1, 0.15) is 45.2 Å². The van der Waals surface area contributed by atoms with Crippen molar-refractivity contribution < 1.29 is 0 Å². The van der Waals surface area contributed by atoms with Gasteiger partial charge in [0.1, 0.15) is 0 Å². The highest BCUT2D eigenvalue weighted by molar-refractivity contribution is 4.98. The summed E-state index contributed by atoms with van der Waals surface area (Å²) in [6.07, 6.45) is 9.35. The minimum absolute atomic E-state index is 0.712. The summed E-state index contributed by atoms with van der Waals surface area (Å²) in [6.45, 7) is 6.50. The number of hydrogen-bond donors (Lipinski definition) is 1. The maximum absolute atomic E-state index is 4.19. The third kappa shape index (κ3) is 2.85. The molecule has 1 aromatic heterocycles. The lowest BCUT2D eigenvalue weighted by molar-refractivity contribution is 0.299. The van der Waals surface area contributed by atoms with Crippen molar-refractivity contribution in [3.63, 3.8) is 0 Å². The number of nitrogens with one attached hydrogen (secondary N) is 1. The molecule has 0 aromatic carbocycles. The summed E-state index contributed by atoms with van der Waals surface area (Å²) in [5, 5.41) is 3.67. The Morgan fingerprint density at radius 3 is 3.12 bits per heavy atom. The Hall–Kier alpha value is -0.830. The van der Waals surface area contributed by atoms with Crippen molar-refractivity contribution >= 4 is 0 Å². The van der Waals surface area contributed by atoms with Crippen LogP contribution in [0.25, 0.3) is 0 Å². The number of aromatic nitrogens is 2. The Morgan fingerprint density at radius 1 is 1.50 bits per heavy atom. The van der Waals surface area contributed by atoms with E-state index in [2.05, 4.69) is 28.7 Å². The van der Waals surface area contributed by atoms with E-state index in [1.165, 1.54) is 31.4 Å². The van der Waals surface area contributed by atoms with E-state index in [4.69, 9.17) is 0 Å². The average molecular weight is 221 g/mol. The van der Waals surface area contributed by atoms with Crippen LogP contribution >= 0.6 is 0 Å². The Bertz CT molecular complexity index is 319. The van der Waals surface area contributed by atoms with Gasteiger partial charge in [0, 0.05) is 25.3 Å². The van der Waals surface area contributed by atoms with Gasteiger partial charge in [0.05, 0.1) is 12.0 Å². The smallest absolute Gasteiger partial charge is 0.0948 e. The Kier molecular flexibility index (Phi) is 3.99. The van der Waals surface area contributed by atoms with E-state index < -0.39 is 0 Å². The molecule has 1 aliphatic carbocycles. The number of hydrogen-bond acceptors (Lipinski definition) is 2. The molecule has 1 aromatic rings. The van der Waals surface area contributed by atoms with E-state index in [1.54, 1.807) is 0 Å². The second kappa shape index (κ2) is 5.48. The van der Waals surface area contributed by atoms with Crippen LogP contribution in [-0.4, -0.2) is 15.6 Å². The fraction of sp³-hybridized carbons (Fsp3) is 0.769. The van der Waals surface area contributed by atoms with E-state index >= 15 is 0 Å².